The van der Waals surface area contributed by atoms with E-state index < -0.39 is 6.04 Å². The molecule has 10 heteroatoms. The average Bonchev–Trinajstić information content (AvgIpc) is 3.14. The number of anilines is 2. The number of fused-ring (bicyclic) bond motifs is 1. The molecule has 1 atom stereocenters. The molecule has 0 aliphatic carbocycles. The normalized spacial score (nSPS) is 15.4. The number of carbonyl (C=O) groups excluding carboxylic acids is 2. The van der Waals surface area contributed by atoms with Gasteiger partial charge in [-0.2, -0.15) is 10.1 Å². The smallest absolute Gasteiger partial charge is 0.262 e. The zero-order chi connectivity index (χ0) is 20.4. The van der Waals surface area contributed by atoms with Gasteiger partial charge in [0.05, 0.1) is 12.5 Å². The largest absolute Gasteiger partial charge is 0.483 e. The van der Waals surface area contributed by atoms with Crippen LogP contribution < -0.4 is 15.4 Å². The number of amides is 2. The molecule has 2 amide bonds. The molecule has 0 spiro atoms. The molecule has 1 aliphatic heterocycles. The van der Waals surface area contributed by atoms with Crippen LogP contribution in [0.1, 0.15) is 18.0 Å². The van der Waals surface area contributed by atoms with Crippen LogP contribution in [0, 0.1) is 0 Å². The van der Waals surface area contributed by atoms with E-state index in [1.165, 1.54) is 6.33 Å². The van der Waals surface area contributed by atoms with Gasteiger partial charge >= 0.3 is 0 Å². The summed E-state index contributed by atoms with van der Waals surface area (Å²) < 4.78 is 8.22. The molecule has 0 saturated heterocycles. The Kier molecular flexibility index (Phi) is 5.50. The van der Waals surface area contributed by atoms with E-state index in [9.17, 15) is 9.59 Å². The Morgan fingerprint density at radius 2 is 2.21 bits per heavy atom. The van der Waals surface area contributed by atoms with Crippen molar-refractivity contribution in [3.63, 3.8) is 0 Å². The second kappa shape index (κ2) is 8.22. The molecule has 2 aromatic carbocycles. The first-order valence-electron chi connectivity index (χ1n) is 8.66. The molecule has 0 radical (unpaired) electrons. The topological polar surface area (TPSA) is 98.1 Å². The van der Waals surface area contributed by atoms with Crippen molar-refractivity contribution in [2.24, 2.45) is 0 Å². The fourth-order valence-electron chi connectivity index (χ4n) is 3.06. The summed E-state index contributed by atoms with van der Waals surface area (Å²) in [4.78, 5) is 28.4. The van der Waals surface area contributed by atoms with Gasteiger partial charge in [-0.15, -0.1) is 0 Å². The van der Waals surface area contributed by atoms with Crippen molar-refractivity contribution in [1.82, 2.24) is 14.8 Å². The van der Waals surface area contributed by atoms with Crippen molar-refractivity contribution in [3.05, 3.63) is 63.9 Å². The average molecular weight is 477 g/mol. The van der Waals surface area contributed by atoms with Crippen molar-refractivity contribution in [2.75, 3.05) is 17.2 Å². The lowest BCUT2D eigenvalue weighted by atomic mass is 10.0. The summed E-state index contributed by atoms with van der Waals surface area (Å²) in [7, 11) is 0. The fraction of sp³-hybridized carbons (Fsp3) is 0.158. The number of halogens is 2. The van der Waals surface area contributed by atoms with Gasteiger partial charge in [0.1, 0.15) is 12.1 Å². The van der Waals surface area contributed by atoms with Crippen molar-refractivity contribution < 1.29 is 14.3 Å². The molecular formula is C19H15BrClN5O3. The van der Waals surface area contributed by atoms with Crippen LogP contribution in [0.4, 0.5) is 11.6 Å². The zero-order valence-electron chi connectivity index (χ0n) is 14.9. The van der Waals surface area contributed by atoms with Crippen molar-refractivity contribution in [3.8, 4) is 5.75 Å². The minimum Gasteiger partial charge on any atom is -0.483 e. The molecule has 0 bridgehead atoms. The van der Waals surface area contributed by atoms with Crippen molar-refractivity contribution in [2.45, 2.75) is 12.5 Å². The molecule has 1 aromatic heterocycles. The summed E-state index contributed by atoms with van der Waals surface area (Å²) in [5.41, 5.74) is 1.30. The van der Waals surface area contributed by atoms with E-state index in [-0.39, 0.29) is 24.8 Å². The quantitative estimate of drug-likeness (QED) is 0.586. The second-order valence-corrected chi connectivity index (χ2v) is 7.68. The van der Waals surface area contributed by atoms with Gasteiger partial charge < -0.3 is 10.1 Å². The summed E-state index contributed by atoms with van der Waals surface area (Å²) >= 11 is 9.38. The number of hydrogen-bond donors (Lipinski definition) is 2. The zero-order valence-corrected chi connectivity index (χ0v) is 17.3. The highest BCUT2D eigenvalue weighted by Crippen LogP contribution is 2.36. The number of benzene rings is 2. The number of aromatic nitrogens is 3. The minimum atomic E-state index is -0.398. The maximum Gasteiger partial charge on any atom is 0.262 e. The van der Waals surface area contributed by atoms with Gasteiger partial charge in [0.25, 0.3) is 5.91 Å². The molecule has 148 valence electrons. The summed E-state index contributed by atoms with van der Waals surface area (Å²) in [5.74, 6) is 0.357. The highest BCUT2D eigenvalue weighted by atomic mass is 79.9. The van der Waals surface area contributed by atoms with Crippen LogP contribution in [-0.2, 0) is 9.59 Å². The van der Waals surface area contributed by atoms with Gasteiger partial charge in [0, 0.05) is 20.7 Å². The van der Waals surface area contributed by atoms with Crippen LogP contribution in [0.15, 0.2) is 53.3 Å². The molecule has 0 fully saturated rings. The Bertz CT molecular complexity index is 1090. The first-order valence-corrected chi connectivity index (χ1v) is 9.84. The van der Waals surface area contributed by atoms with E-state index in [1.54, 1.807) is 41.1 Å². The monoisotopic (exact) mass is 475 g/mol. The highest BCUT2D eigenvalue weighted by molar-refractivity contribution is 9.10. The molecule has 2 N–H and O–H groups in total. The Labute approximate surface area is 179 Å². The molecule has 29 heavy (non-hydrogen) atoms. The summed E-state index contributed by atoms with van der Waals surface area (Å²) in [6.07, 6.45) is 1.56. The van der Waals surface area contributed by atoms with Crippen LogP contribution >= 0.6 is 27.5 Å². The SMILES string of the molecule is O=C(COc1ccc(Br)cc1[C@@H]1CC(=O)Nc2ncnn21)Nc1cccc(Cl)c1. The third-order valence-electron chi connectivity index (χ3n) is 4.30. The Morgan fingerprint density at radius 1 is 1.34 bits per heavy atom. The summed E-state index contributed by atoms with van der Waals surface area (Å²) in [6, 6.07) is 11.9. The molecule has 1 aliphatic rings. The fourth-order valence-corrected chi connectivity index (χ4v) is 3.63. The van der Waals surface area contributed by atoms with E-state index in [2.05, 4.69) is 36.6 Å². The minimum absolute atomic E-state index is 0.167. The first-order chi connectivity index (χ1) is 14.0. The van der Waals surface area contributed by atoms with E-state index in [0.29, 0.717) is 22.4 Å². The maximum atomic E-state index is 12.3. The van der Waals surface area contributed by atoms with Gasteiger partial charge in [-0.3, -0.25) is 14.9 Å². The molecule has 0 unspecified atom stereocenters. The van der Waals surface area contributed by atoms with Crippen LogP contribution in [0.25, 0.3) is 0 Å². The van der Waals surface area contributed by atoms with E-state index in [1.807, 2.05) is 6.07 Å². The lowest BCUT2D eigenvalue weighted by Gasteiger charge is -2.25. The molecule has 3 aromatic rings. The Morgan fingerprint density at radius 3 is 3.03 bits per heavy atom. The first kappa shape index (κ1) is 19.4. The van der Waals surface area contributed by atoms with Crippen LogP contribution in [0.3, 0.4) is 0 Å². The number of nitrogens with one attached hydrogen (secondary N) is 2. The van der Waals surface area contributed by atoms with Crippen LogP contribution in [-0.4, -0.2) is 33.2 Å². The predicted molar refractivity (Wildman–Crippen MR) is 111 cm³/mol. The lowest BCUT2D eigenvalue weighted by molar-refractivity contribution is -0.118. The van der Waals surface area contributed by atoms with Crippen molar-refractivity contribution >= 4 is 51.0 Å². The van der Waals surface area contributed by atoms with Gasteiger partial charge in [0.15, 0.2) is 6.61 Å². The van der Waals surface area contributed by atoms with E-state index >= 15 is 0 Å². The molecule has 2 heterocycles. The molecule has 0 saturated carbocycles. The second-order valence-electron chi connectivity index (χ2n) is 6.33. The Balaban J connectivity index is 1.54. The summed E-state index contributed by atoms with van der Waals surface area (Å²) in [6.45, 7) is -0.204. The van der Waals surface area contributed by atoms with Gasteiger partial charge in [-0.1, -0.05) is 33.6 Å². The van der Waals surface area contributed by atoms with E-state index in [0.717, 1.165) is 10.0 Å². The molecule has 4 rings (SSSR count). The summed E-state index contributed by atoms with van der Waals surface area (Å²) in [5, 5.41) is 10.1. The van der Waals surface area contributed by atoms with Crippen LogP contribution in [0.2, 0.25) is 5.02 Å². The number of ether oxygens (including phenoxy) is 1. The molecular weight excluding hydrogens is 462 g/mol. The lowest BCUT2D eigenvalue weighted by Crippen LogP contribution is -2.30. The molecule has 8 nitrogen and oxygen atoms in total. The number of rotatable bonds is 5. The number of hydrogen-bond acceptors (Lipinski definition) is 5. The number of carbonyl (C=O) groups is 2. The number of nitrogens with zero attached hydrogens (tertiary/aromatic N) is 3. The van der Waals surface area contributed by atoms with Gasteiger partial charge in [-0.05, 0) is 36.4 Å². The van der Waals surface area contributed by atoms with Gasteiger partial charge in [-0.25, -0.2) is 4.68 Å². The van der Waals surface area contributed by atoms with Gasteiger partial charge in [0.2, 0.25) is 11.9 Å². The predicted octanol–water partition coefficient (Wildman–Crippen LogP) is 3.64. The van der Waals surface area contributed by atoms with Crippen molar-refractivity contribution in [1.29, 1.82) is 0 Å². The van der Waals surface area contributed by atoms with E-state index in [4.69, 9.17) is 16.3 Å². The third kappa shape index (κ3) is 4.41. The third-order valence-corrected chi connectivity index (χ3v) is 5.02. The highest BCUT2D eigenvalue weighted by Gasteiger charge is 2.30. The maximum absolute atomic E-state index is 12.3. The van der Waals surface area contributed by atoms with Crippen LogP contribution in [0.5, 0.6) is 5.75 Å². The standard InChI is InChI=1S/C19H15BrClN5O3/c20-11-4-5-16(29-9-18(28)24-13-3-1-2-12(21)7-13)14(6-11)15-8-17(27)25-19-22-10-23-26(15)19/h1-7,10,15H,8-9H2,(H,24,28)(H,22,23,25,27)/t15-/m0/s1. The Hall–Kier alpha value is -2.91.